The van der Waals surface area contributed by atoms with Crippen LogP contribution in [-0.4, -0.2) is 29.7 Å². The monoisotopic (exact) mass is 262 g/mol. The van der Waals surface area contributed by atoms with Crippen molar-refractivity contribution < 1.29 is 14.0 Å². The Morgan fingerprint density at radius 2 is 2.11 bits per heavy atom. The molecule has 0 atom stereocenters. The van der Waals surface area contributed by atoms with E-state index in [1.165, 1.54) is 10.8 Å². The van der Waals surface area contributed by atoms with Gasteiger partial charge in [-0.1, -0.05) is 13.8 Å². The minimum absolute atomic E-state index is 0.348. The first kappa shape index (κ1) is 13.5. The molecular weight excluding hydrogens is 242 g/mol. The van der Waals surface area contributed by atoms with Crippen LogP contribution in [0.25, 0.3) is 5.65 Å². The maximum absolute atomic E-state index is 12.1. The van der Waals surface area contributed by atoms with E-state index in [0.29, 0.717) is 11.5 Å². The molecule has 0 N–H and O–H groups in total. The van der Waals surface area contributed by atoms with E-state index in [1.807, 2.05) is 34.5 Å². The minimum atomic E-state index is -0.348. The summed E-state index contributed by atoms with van der Waals surface area (Å²) in [6, 6.07) is 3.63. The highest BCUT2D eigenvalue weighted by molar-refractivity contribution is 5.94. The zero-order valence-corrected chi connectivity index (χ0v) is 12.0. The average Bonchev–Trinajstić information content (AvgIpc) is 2.66. The number of hydrogen-bond acceptors (Lipinski definition) is 3. The van der Waals surface area contributed by atoms with Gasteiger partial charge >= 0.3 is 11.6 Å². The van der Waals surface area contributed by atoms with E-state index in [2.05, 4.69) is 13.8 Å². The van der Waals surface area contributed by atoms with E-state index in [1.54, 1.807) is 20.2 Å². The van der Waals surface area contributed by atoms with Crippen LogP contribution in [0, 0.1) is 0 Å². The standard InChI is InChI=1S/C14H20N3O2/c1-10(2)12-9-17-8-6-7-11(13(17)16(12)5)14(18)19-15(3)4/h6-10H,1-5H3/q+1. The summed E-state index contributed by atoms with van der Waals surface area (Å²) in [7, 11) is 5.35. The second-order valence-electron chi connectivity index (χ2n) is 5.11. The molecule has 0 saturated carbocycles. The molecule has 0 aliphatic rings. The van der Waals surface area contributed by atoms with Gasteiger partial charge in [-0.05, 0) is 12.1 Å². The second kappa shape index (κ2) is 5.01. The molecule has 5 nitrogen and oxygen atoms in total. The SMILES string of the molecule is CC(C)c1c[n+]2cccc(C(=O)ON(C)C)c2n1C. The van der Waals surface area contributed by atoms with Crippen molar-refractivity contribution >= 4 is 11.6 Å². The van der Waals surface area contributed by atoms with Crippen LogP contribution < -0.4 is 4.40 Å². The number of aromatic nitrogens is 2. The Morgan fingerprint density at radius 1 is 1.42 bits per heavy atom. The van der Waals surface area contributed by atoms with Crippen molar-refractivity contribution in [2.24, 2.45) is 7.05 Å². The van der Waals surface area contributed by atoms with E-state index in [4.69, 9.17) is 4.84 Å². The Morgan fingerprint density at radius 3 is 2.68 bits per heavy atom. The quantitative estimate of drug-likeness (QED) is 0.622. The first-order valence-corrected chi connectivity index (χ1v) is 6.31. The van der Waals surface area contributed by atoms with Gasteiger partial charge in [0.05, 0.1) is 13.2 Å². The predicted molar refractivity (Wildman–Crippen MR) is 71.8 cm³/mol. The number of nitrogens with zero attached hydrogens (tertiary/aromatic N) is 3. The van der Waals surface area contributed by atoms with Crippen LogP contribution in [0.4, 0.5) is 0 Å². The van der Waals surface area contributed by atoms with Gasteiger partial charge in [0.25, 0.3) is 0 Å². The minimum Gasteiger partial charge on any atom is -0.364 e. The molecule has 0 saturated heterocycles. The third kappa shape index (κ3) is 2.46. The number of hydroxylamine groups is 2. The lowest BCUT2D eigenvalue weighted by atomic mass is 10.1. The molecule has 2 rings (SSSR count). The fourth-order valence-corrected chi connectivity index (χ4v) is 2.24. The van der Waals surface area contributed by atoms with Gasteiger partial charge in [0, 0.05) is 20.0 Å². The van der Waals surface area contributed by atoms with Gasteiger partial charge in [-0.15, -0.1) is 5.06 Å². The van der Waals surface area contributed by atoms with Crippen molar-refractivity contribution in [2.75, 3.05) is 14.1 Å². The van der Waals surface area contributed by atoms with Crippen LogP contribution in [0.2, 0.25) is 0 Å². The molecule has 19 heavy (non-hydrogen) atoms. The third-order valence-corrected chi connectivity index (χ3v) is 3.05. The lowest BCUT2D eigenvalue weighted by Crippen LogP contribution is -2.25. The maximum Gasteiger partial charge on any atom is 0.365 e. The molecule has 0 spiro atoms. The Hall–Kier alpha value is -1.88. The fraction of sp³-hybridized carbons (Fsp3) is 0.429. The van der Waals surface area contributed by atoms with Gasteiger partial charge in [0.2, 0.25) is 0 Å². The van der Waals surface area contributed by atoms with E-state index in [-0.39, 0.29) is 5.97 Å². The summed E-state index contributed by atoms with van der Waals surface area (Å²) in [6.07, 6.45) is 3.99. The summed E-state index contributed by atoms with van der Waals surface area (Å²) in [5.74, 6) is 0.0437. The number of pyridine rings is 1. The number of rotatable bonds is 3. The molecule has 0 aliphatic heterocycles. The van der Waals surface area contributed by atoms with Crippen LogP contribution in [0.1, 0.15) is 35.8 Å². The topological polar surface area (TPSA) is 38.6 Å². The van der Waals surface area contributed by atoms with Gasteiger partial charge in [-0.3, -0.25) is 0 Å². The zero-order valence-electron chi connectivity index (χ0n) is 12.0. The number of imidazole rings is 1. The van der Waals surface area contributed by atoms with Crippen molar-refractivity contribution in [1.29, 1.82) is 0 Å². The highest BCUT2D eigenvalue weighted by atomic mass is 16.7. The highest BCUT2D eigenvalue weighted by Gasteiger charge is 2.24. The highest BCUT2D eigenvalue weighted by Crippen LogP contribution is 2.17. The van der Waals surface area contributed by atoms with Gasteiger partial charge in [-0.25, -0.2) is 13.8 Å². The van der Waals surface area contributed by atoms with E-state index in [0.717, 1.165) is 5.65 Å². The molecule has 2 heterocycles. The summed E-state index contributed by atoms with van der Waals surface area (Å²) < 4.78 is 4.00. The molecule has 0 aliphatic carbocycles. The number of fused-ring (bicyclic) bond motifs is 1. The Kier molecular flexibility index (Phi) is 3.57. The molecule has 0 radical (unpaired) electrons. The van der Waals surface area contributed by atoms with Crippen LogP contribution >= 0.6 is 0 Å². The van der Waals surface area contributed by atoms with Gasteiger partial charge in [0.1, 0.15) is 11.9 Å². The van der Waals surface area contributed by atoms with Gasteiger partial charge < -0.3 is 4.84 Å². The molecule has 0 aromatic carbocycles. The molecule has 102 valence electrons. The number of hydrogen-bond donors (Lipinski definition) is 0. The van der Waals surface area contributed by atoms with Crippen molar-refractivity contribution in [3.05, 3.63) is 35.8 Å². The predicted octanol–water partition coefficient (Wildman–Crippen LogP) is 1.52. The van der Waals surface area contributed by atoms with Crippen molar-refractivity contribution in [1.82, 2.24) is 9.63 Å². The van der Waals surface area contributed by atoms with Crippen molar-refractivity contribution in [3.8, 4) is 0 Å². The average molecular weight is 262 g/mol. The van der Waals surface area contributed by atoms with E-state index in [9.17, 15) is 4.79 Å². The van der Waals surface area contributed by atoms with Crippen molar-refractivity contribution in [2.45, 2.75) is 19.8 Å². The maximum atomic E-state index is 12.1. The van der Waals surface area contributed by atoms with Crippen molar-refractivity contribution in [3.63, 3.8) is 0 Å². The summed E-state index contributed by atoms with van der Waals surface area (Å²) in [5, 5.41) is 1.40. The number of aryl methyl sites for hydroxylation is 1. The van der Waals surface area contributed by atoms with Crippen LogP contribution in [0.5, 0.6) is 0 Å². The fourth-order valence-electron chi connectivity index (χ4n) is 2.24. The summed E-state index contributed by atoms with van der Waals surface area (Å²) in [5.41, 5.74) is 2.58. The van der Waals surface area contributed by atoms with Gasteiger partial charge in [0.15, 0.2) is 5.56 Å². The van der Waals surface area contributed by atoms with E-state index < -0.39 is 0 Å². The van der Waals surface area contributed by atoms with Gasteiger partial charge in [-0.2, -0.15) is 0 Å². The molecule has 0 bridgehead atoms. The summed E-state index contributed by atoms with van der Waals surface area (Å²) in [4.78, 5) is 17.2. The molecule has 0 unspecified atom stereocenters. The Balaban J connectivity index is 2.59. The lowest BCUT2D eigenvalue weighted by Gasteiger charge is -2.09. The molecule has 0 amide bonds. The first-order valence-electron chi connectivity index (χ1n) is 6.31. The molecule has 2 aromatic rings. The van der Waals surface area contributed by atoms with E-state index >= 15 is 0 Å². The Labute approximate surface area is 113 Å². The summed E-state index contributed by atoms with van der Waals surface area (Å²) in [6.45, 7) is 4.26. The number of carbonyl (C=O) groups excluding carboxylic acids is 1. The molecule has 0 fully saturated rings. The smallest absolute Gasteiger partial charge is 0.364 e. The lowest BCUT2D eigenvalue weighted by molar-refractivity contribution is -0.511. The summed E-state index contributed by atoms with van der Waals surface area (Å²) >= 11 is 0. The second-order valence-corrected chi connectivity index (χ2v) is 5.11. The third-order valence-electron chi connectivity index (χ3n) is 3.05. The van der Waals surface area contributed by atoms with Crippen LogP contribution in [0.15, 0.2) is 24.5 Å². The largest absolute Gasteiger partial charge is 0.365 e. The van der Waals surface area contributed by atoms with Crippen LogP contribution in [0.3, 0.4) is 0 Å². The molecular formula is C14H20N3O2+. The Bertz CT molecular complexity index is 614. The number of carbonyl (C=O) groups is 1. The molecule has 2 aromatic heterocycles. The normalized spacial score (nSPS) is 11.5. The van der Waals surface area contributed by atoms with Crippen LogP contribution in [-0.2, 0) is 11.9 Å². The molecule has 5 heteroatoms. The zero-order chi connectivity index (χ0) is 14.2. The first-order chi connectivity index (χ1) is 8.91.